The van der Waals surface area contributed by atoms with Gasteiger partial charge in [0.25, 0.3) is 0 Å². The van der Waals surface area contributed by atoms with Crippen molar-refractivity contribution in [2.45, 2.75) is 25.3 Å². The molecule has 13 heavy (non-hydrogen) atoms. The number of aromatic nitrogens is 2. The molecule has 70 valence electrons. The first kappa shape index (κ1) is 8.44. The Morgan fingerprint density at radius 3 is 2.92 bits per heavy atom. The van der Waals surface area contributed by atoms with Gasteiger partial charge >= 0.3 is 0 Å². The van der Waals surface area contributed by atoms with Gasteiger partial charge in [0.2, 0.25) is 5.95 Å². The Bertz CT molecular complexity index is 306. The van der Waals surface area contributed by atoms with Crippen molar-refractivity contribution in [3.8, 4) is 0 Å². The van der Waals surface area contributed by atoms with Crippen LogP contribution in [0.1, 0.15) is 18.5 Å². The lowest BCUT2D eigenvalue weighted by Crippen LogP contribution is -2.31. The molecule has 1 fully saturated rings. The lowest BCUT2D eigenvalue weighted by atomic mass is 10.3. The van der Waals surface area contributed by atoms with Gasteiger partial charge in [0.05, 0.1) is 5.54 Å². The summed E-state index contributed by atoms with van der Waals surface area (Å²) in [6.07, 6.45) is 4.01. The summed E-state index contributed by atoms with van der Waals surface area (Å²) >= 11 is 0. The van der Waals surface area contributed by atoms with E-state index in [4.69, 9.17) is 5.73 Å². The zero-order valence-electron chi connectivity index (χ0n) is 7.75. The first-order chi connectivity index (χ1) is 6.24. The minimum atomic E-state index is 0.0911. The average Bonchev–Trinajstić information content (AvgIpc) is 2.86. The first-order valence-corrected chi connectivity index (χ1v) is 4.52. The summed E-state index contributed by atoms with van der Waals surface area (Å²) in [6, 6.07) is 1.88. The second-order valence-electron chi connectivity index (χ2n) is 3.63. The zero-order valence-corrected chi connectivity index (χ0v) is 7.75. The highest BCUT2D eigenvalue weighted by atomic mass is 15.2. The summed E-state index contributed by atoms with van der Waals surface area (Å²) < 4.78 is 0. The maximum atomic E-state index is 5.64. The number of nitrogens with zero attached hydrogens (tertiary/aromatic N) is 2. The quantitative estimate of drug-likeness (QED) is 0.714. The molecule has 1 aromatic heterocycles. The zero-order chi connectivity index (χ0) is 9.31. The van der Waals surface area contributed by atoms with E-state index in [0.717, 1.165) is 18.5 Å². The molecule has 2 rings (SSSR count). The van der Waals surface area contributed by atoms with Crippen molar-refractivity contribution in [3.63, 3.8) is 0 Å². The molecule has 4 heteroatoms. The van der Waals surface area contributed by atoms with E-state index in [1.165, 1.54) is 0 Å². The van der Waals surface area contributed by atoms with Gasteiger partial charge in [0, 0.05) is 18.4 Å². The molecular weight excluding hydrogens is 164 g/mol. The third-order valence-corrected chi connectivity index (χ3v) is 2.42. The molecule has 0 radical (unpaired) electrons. The van der Waals surface area contributed by atoms with Crippen molar-refractivity contribution in [3.05, 3.63) is 18.0 Å². The number of hydrogen-bond acceptors (Lipinski definition) is 4. The second kappa shape index (κ2) is 2.96. The van der Waals surface area contributed by atoms with E-state index in [-0.39, 0.29) is 5.54 Å². The van der Waals surface area contributed by atoms with Crippen LogP contribution in [-0.2, 0) is 0 Å². The Hall–Kier alpha value is -1.16. The van der Waals surface area contributed by atoms with Crippen LogP contribution in [0.15, 0.2) is 12.3 Å². The van der Waals surface area contributed by atoms with Crippen molar-refractivity contribution >= 4 is 5.95 Å². The average molecular weight is 178 g/mol. The highest BCUT2D eigenvalue weighted by Gasteiger charge is 2.41. The van der Waals surface area contributed by atoms with Gasteiger partial charge in [-0.15, -0.1) is 0 Å². The summed E-state index contributed by atoms with van der Waals surface area (Å²) in [5, 5.41) is 3.27. The fourth-order valence-electron chi connectivity index (χ4n) is 1.28. The van der Waals surface area contributed by atoms with Gasteiger partial charge in [-0.25, -0.2) is 9.97 Å². The standard InChI is InChI=1S/C9H14N4/c1-7-2-5-11-8(12-7)13-9(6-10)3-4-9/h2,5H,3-4,6,10H2,1H3,(H,11,12,13). The normalized spacial score (nSPS) is 18.3. The van der Waals surface area contributed by atoms with E-state index in [9.17, 15) is 0 Å². The van der Waals surface area contributed by atoms with Crippen molar-refractivity contribution in [1.29, 1.82) is 0 Å². The predicted octanol–water partition coefficient (Wildman–Crippen LogP) is 0.688. The summed E-state index contributed by atoms with van der Waals surface area (Å²) in [7, 11) is 0. The number of nitrogens with one attached hydrogen (secondary N) is 1. The molecule has 4 nitrogen and oxygen atoms in total. The molecule has 1 saturated carbocycles. The smallest absolute Gasteiger partial charge is 0.223 e. The van der Waals surface area contributed by atoms with Gasteiger partial charge in [-0.05, 0) is 25.8 Å². The second-order valence-corrected chi connectivity index (χ2v) is 3.63. The molecule has 0 bridgehead atoms. The van der Waals surface area contributed by atoms with Crippen molar-refractivity contribution in [2.24, 2.45) is 5.73 Å². The fourth-order valence-corrected chi connectivity index (χ4v) is 1.28. The van der Waals surface area contributed by atoms with Crippen molar-refractivity contribution in [1.82, 2.24) is 9.97 Å². The Morgan fingerprint density at radius 1 is 1.62 bits per heavy atom. The highest BCUT2D eigenvalue weighted by Crippen LogP contribution is 2.36. The number of hydrogen-bond donors (Lipinski definition) is 2. The molecule has 1 heterocycles. The lowest BCUT2D eigenvalue weighted by Gasteiger charge is -2.14. The van der Waals surface area contributed by atoms with Crippen LogP contribution in [0.5, 0.6) is 0 Å². The van der Waals surface area contributed by atoms with Crippen LogP contribution in [0.2, 0.25) is 0 Å². The Balaban J connectivity index is 2.09. The summed E-state index contributed by atoms with van der Waals surface area (Å²) in [4.78, 5) is 8.40. The number of nitrogens with two attached hydrogens (primary N) is 1. The van der Waals surface area contributed by atoms with E-state index < -0.39 is 0 Å². The van der Waals surface area contributed by atoms with E-state index in [2.05, 4.69) is 15.3 Å². The summed E-state index contributed by atoms with van der Waals surface area (Å²) in [6.45, 7) is 2.61. The predicted molar refractivity (Wildman–Crippen MR) is 51.4 cm³/mol. The summed E-state index contributed by atoms with van der Waals surface area (Å²) in [5.74, 6) is 0.697. The van der Waals surface area contributed by atoms with E-state index in [1.807, 2.05) is 13.0 Å². The van der Waals surface area contributed by atoms with Gasteiger partial charge in [-0.3, -0.25) is 0 Å². The molecule has 0 amide bonds. The van der Waals surface area contributed by atoms with Crippen LogP contribution < -0.4 is 11.1 Å². The van der Waals surface area contributed by atoms with Crippen LogP contribution >= 0.6 is 0 Å². The van der Waals surface area contributed by atoms with Crippen molar-refractivity contribution < 1.29 is 0 Å². The van der Waals surface area contributed by atoms with E-state index in [1.54, 1.807) is 6.20 Å². The molecule has 1 aromatic rings. The Kier molecular flexibility index (Phi) is 1.92. The monoisotopic (exact) mass is 178 g/mol. The third kappa shape index (κ3) is 1.78. The van der Waals surface area contributed by atoms with Gasteiger partial charge in [0.15, 0.2) is 0 Å². The van der Waals surface area contributed by atoms with Crippen LogP contribution in [0, 0.1) is 6.92 Å². The number of rotatable bonds is 3. The van der Waals surface area contributed by atoms with Crippen LogP contribution in [0.3, 0.4) is 0 Å². The largest absolute Gasteiger partial charge is 0.348 e. The van der Waals surface area contributed by atoms with Crippen LogP contribution in [0.4, 0.5) is 5.95 Å². The topological polar surface area (TPSA) is 63.8 Å². The molecule has 0 saturated heterocycles. The lowest BCUT2D eigenvalue weighted by molar-refractivity contribution is 0.729. The molecule has 0 spiro atoms. The molecule has 1 aliphatic rings. The SMILES string of the molecule is Cc1ccnc(NC2(CN)CC2)n1. The van der Waals surface area contributed by atoms with Crippen LogP contribution in [0.25, 0.3) is 0 Å². The molecular formula is C9H14N4. The number of aryl methyl sites for hydroxylation is 1. The van der Waals surface area contributed by atoms with Gasteiger partial charge < -0.3 is 11.1 Å². The Labute approximate surface area is 77.6 Å². The van der Waals surface area contributed by atoms with E-state index in [0.29, 0.717) is 12.5 Å². The maximum Gasteiger partial charge on any atom is 0.223 e. The molecule has 0 aliphatic heterocycles. The van der Waals surface area contributed by atoms with E-state index >= 15 is 0 Å². The molecule has 1 aliphatic carbocycles. The molecule has 0 unspecified atom stereocenters. The molecule has 0 atom stereocenters. The van der Waals surface area contributed by atoms with Crippen molar-refractivity contribution in [2.75, 3.05) is 11.9 Å². The Morgan fingerprint density at radius 2 is 2.38 bits per heavy atom. The van der Waals surface area contributed by atoms with Gasteiger partial charge in [0.1, 0.15) is 0 Å². The maximum absolute atomic E-state index is 5.64. The van der Waals surface area contributed by atoms with Gasteiger partial charge in [-0.2, -0.15) is 0 Å². The van der Waals surface area contributed by atoms with Gasteiger partial charge in [-0.1, -0.05) is 0 Å². The summed E-state index contributed by atoms with van der Waals surface area (Å²) in [5.41, 5.74) is 6.70. The minimum absolute atomic E-state index is 0.0911. The third-order valence-electron chi connectivity index (χ3n) is 2.42. The first-order valence-electron chi connectivity index (χ1n) is 4.52. The fraction of sp³-hybridized carbons (Fsp3) is 0.556. The number of anilines is 1. The molecule has 0 aromatic carbocycles. The minimum Gasteiger partial charge on any atom is -0.348 e. The highest BCUT2D eigenvalue weighted by molar-refractivity contribution is 5.34. The van der Waals surface area contributed by atoms with Crippen LogP contribution in [-0.4, -0.2) is 22.1 Å². The molecule has 3 N–H and O–H groups in total.